The van der Waals surface area contributed by atoms with Gasteiger partial charge in [0, 0.05) is 29.5 Å². The number of nitrogens with one attached hydrogen (secondary N) is 2. The Labute approximate surface area is 181 Å². The number of halogens is 2. The van der Waals surface area contributed by atoms with Gasteiger partial charge in [-0.25, -0.2) is 13.1 Å². The zero-order valence-corrected chi connectivity index (χ0v) is 18.7. The van der Waals surface area contributed by atoms with Gasteiger partial charge < -0.3 is 9.88 Å². The molecule has 0 radical (unpaired) electrons. The Kier molecular flexibility index (Phi) is 6.94. The summed E-state index contributed by atoms with van der Waals surface area (Å²) >= 11 is 12.1. The van der Waals surface area contributed by atoms with Crippen LogP contribution in [-0.2, 0) is 14.8 Å². The Morgan fingerprint density at radius 3 is 2.21 bits per heavy atom. The molecule has 0 unspecified atom stereocenters. The van der Waals surface area contributed by atoms with Crippen molar-refractivity contribution in [2.24, 2.45) is 5.92 Å². The second kappa shape index (κ2) is 9.08. The molecule has 2 aromatic rings. The number of sulfonamides is 1. The molecule has 1 aromatic carbocycles. The molecule has 2 N–H and O–H groups in total. The predicted molar refractivity (Wildman–Crippen MR) is 117 cm³/mol. The third kappa shape index (κ3) is 5.34. The fraction of sp³-hybridized carbons (Fsp3) is 0.450. The highest BCUT2D eigenvalue weighted by Gasteiger charge is 2.29. The quantitative estimate of drug-likeness (QED) is 0.664. The summed E-state index contributed by atoms with van der Waals surface area (Å²) in [6, 6.07) is 8.98. The SMILES string of the molecule is CC(C)S(=O)(=O)NC1CCC(C(=O)Nc2ccc(-n3ccc(Cl)c3Cl)cc2)CC1. The fourth-order valence-corrected chi connectivity index (χ4v) is 4.72. The topological polar surface area (TPSA) is 80.2 Å². The van der Waals surface area contributed by atoms with Crippen LogP contribution in [0.2, 0.25) is 10.2 Å². The molecule has 1 heterocycles. The van der Waals surface area contributed by atoms with Gasteiger partial charge in [-0.05, 0) is 69.9 Å². The molecular formula is C20H25Cl2N3O3S. The third-order valence-electron chi connectivity index (χ3n) is 5.24. The summed E-state index contributed by atoms with van der Waals surface area (Å²) < 4.78 is 28.5. The number of anilines is 1. The van der Waals surface area contributed by atoms with E-state index in [0.717, 1.165) is 5.69 Å². The lowest BCUT2D eigenvalue weighted by atomic mass is 9.86. The van der Waals surface area contributed by atoms with Crippen molar-refractivity contribution in [3.63, 3.8) is 0 Å². The van der Waals surface area contributed by atoms with Crippen molar-refractivity contribution in [2.75, 3.05) is 5.32 Å². The van der Waals surface area contributed by atoms with Crippen molar-refractivity contribution in [3.8, 4) is 5.69 Å². The van der Waals surface area contributed by atoms with E-state index < -0.39 is 15.3 Å². The van der Waals surface area contributed by atoms with E-state index in [2.05, 4.69) is 10.0 Å². The molecule has 29 heavy (non-hydrogen) atoms. The molecule has 158 valence electrons. The van der Waals surface area contributed by atoms with E-state index in [1.165, 1.54) is 0 Å². The van der Waals surface area contributed by atoms with Crippen LogP contribution in [0, 0.1) is 5.92 Å². The molecule has 6 nitrogen and oxygen atoms in total. The van der Waals surface area contributed by atoms with Crippen molar-refractivity contribution in [1.82, 2.24) is 9.29 Å². The standard InChI is InChI=1S/C20H25Cl2N3O3S/c1-13(2)29(27,28)24-16-5-3-14(4-6-16)20(26)23-15-7-9-17(10-8-15)25-12-11-18(21)19(25)22/h7-14,16,24H,3-6H2,1-2H3,(H,23,26). The van der Waals surface area contributed by atoms with Crippen molar-refractivity contribution in [1.29, 1.82) is 0 Å². The van der Waals surface area contributed by atoms with E-state index in [-0.39, 0.29) is 17.9 Å². The Hall–Kier alpha value is -1.54. The van der Waals surface area contributed by atoms with Crippen LogP contribution >= 0.6 is 23.2 Å². The summed E-state index contributed by atoms with van der Waals surface area (Å²) in [6.07, 6.45) is 4.43. The summed E-state index contributed by atoms with van der Waals surface area (Å²) in [4.78, 5) is 12.6. The van der Waals surface area contributed by atoms with Gasteiger partial charge in [0.15, 0.2) is 0 Å². The molecule has 1 aliphatic rings. The monoisotopic (exact) mass is 457 g/mol. The lowest BCUT2D eigenvalue weighted by molar-refractivity contribution is -0.120. The van der Waals surface area contributed by atoms with Crippen LogP contribution in [0.4, 0.5) is 5.69 Å². The molecule has 1 fully saturated rings. The van der Waals surface area contributed by atoms with Crippen molar-refractivity contribution in [3.05, 3.63) is 46.7 Å². The van der Waals surface area contributed by atoms with Gasteiger partial charge in [0.25, 0.3) is 0 Å². The molecule has 0 aliphatic heterocycles. The molecule has 0 saturated heterocycles. The number of hydrogen-bond acceptors (Lipinski definition) is 3. The minimum atomic E-state index is -3.28. The predicted octanol–water partition coefficient (Wildman–Crippen LogP) is 4.61. The van der Waals surface area contributed by atoms with Crippen LogP contribution in [0.25, 0.3) is 5.69 Å². The van der Waals surface area contributed by atoms with E-state index in [4.69, 9.17) is 23.2 Å². The highest BCUT2D eigenvalue weighted by molar-refractivity contribution is 7.90. The van der Waals surface area contributed by atoms with Crippen LogP contribution in [0.3, 0.4) is 0 Å². The first-order chi connectivity index (χ1) is 13.7. The smallest absolute Gasteiger partial charge is 0.227 e. The molecular weight excluding hydrogens is 433 g/mol. The summed E-state index contributed by atoms with van der Waals surface area (Å²) in [6.45, 7) is 3.32. The van der Waals surface area contributed by atoms with Gasteiger partial charge in [-0.15, -0.1) is 0 Å². The zero-order chi connectivity index (χ0) is 21.2. The number of amides is 1. The molecule has 9 heteroatoms. The van der Waals surface area contributed by atoms with E-state index in [1.807, 2.05) is 24.3 Å². The van der Waals surface area contributed by atoms with Crippen LogP contribution in [-0.4, -0.2) is 30.2 Å². The zero-order valence-electron chi connectivity index (χ0n) is 16.4. The maximum Gasteiger partial charge on any atom is 0.227 e. The van der Waals surface area contributed by atoms with Crippen LogP contribution in [0.1, 0.15) is 39.5 Å². The highest BCUT2D eigenvalue weighted by atomic mass is 35.5. The minimum Gasteiger partial charge on any atom is -0.326 e. The maximum absolute atomic E-state index is 12.6. The van der Waals surface area contributed by atoms with Gasteiger partial charge in [0.05, 0.1) is 10.3 Å². The lowest BCUT2D eigenvalue weighted by Crippen LogP contribution is -2.42. The second-order valence-corrected chi connectivity index (χ2v) is 10.7. The molecule has 1 aromatic heterocycles. The average Bonchev–Trinajstić information content (AvgIpc) is 3.01. The lowest BCUT2D eigenvalue weighted by Gasteiger charge is -2.28. The van der Waals surface area contributed by atoms with Gasteiger partial charge in [-0.1, -0.05) is 23.2 Å². The van der Waals surface area contributed by atoms with E-state index in [9.17, 15) is 13.2 Å². The Morgan fingerprint density at radius 2 is 1.69 bits per heavy atom. The van der Waals surface area contributed by atoms with Gasteiger partial charge in [0.2, 0.25) is 15.9 Å². The normalized spacial score (nSPS) is 20.0. The van der Waals surface area contributed by atoms with E-state index in [0.29, 0.717) is 41.5 Å². The van der Waals surface area contributed by atoms with Gasteiger partial charge in [-0.3, -0.25) is 4.79 Å². The molecule has 1 saturated carbocycles. The van der Waals surface area contributed by atoms with Crippen molar-refractivity contribution >= 4 is 44.8 Å². The first kappa shape index (κ1) is 22.2. The average molecular weight is 458 g/mol. The van der Waals surface area contributed by atoms with Gasteiger partial charge in [0.1, 0.15) is 5.15 Å². The molecule has 0 spiro atoms. The number of hydrogen-bond donors (Lipinski definition) is 2. The van der Waals surface area contributed by atoms with Crippen LogP contribution in [0.5, 0.6) is 0 Å². The number of carbonyl (C=O) groups is 1. The summed E-state index contributed by atoms with van der Waals surface area (Å²) in [5.41, 5.74) is 1.55. The van der Waals surface area contributed by atoms with Crippen LogP contribution < -0.4 is 10.0 Å². The summed E-state index contributed by atoms with van der Waals surface area (Å²) in [7, 11) is -3.28. The second-order valence-electron chi connectivity index (χ2n) is 7.62. The van der Waals surface area contributed by atoms with Crippen molar-refractivity contribution in [2.45, 2.75) is 50.8 Å². The number of aromatic nitrogens is 1. The number of rotatable bonds is 6. The van der Waals surface area contributed by atoms with E-state index in [1.54, 1.807) is 30.7 Å². The van der Waals surface area contributed by atoms with Gasteiger partial charge >= 0.3 is 0 Å². The minimum absolute atomic E-state index is 0.0371. The summed E-state index contributed by atoms with van der Waals surface area (Å²) in [5, 5.41) is 3.41. The molecule has 1 aliphatic carbocycles. The Balaban J connectivity index is 1.54. The number of carbonyl (C=O) groups excluding carboxylic acids is 1. The largest absolute Gasteiger partial charge is 0.326 e. The fourth-order valence-electron chi connectivity index (χ4n) is 3.38. The Morgan fingerprint density at radius 1 is 1.07 bits per heavy atom. The first-order valence-electron chi connectivity index (χ1n) is 9.62. The third-order valence-corrected chi connectivity index (χ3v) is 7.93. The number of nitrogens with zero attached hydrogens (tertiary/aromatic N) is 1. The van der Waals surface area contributed by atoms with Gasteiger partial charge in [-0.2, -0.15) is 0 Å². The summed E-state index contributed by atoms with van der Waals surface area (Å²) in [5.74, 6) is -0.155. The van der Waals surface area contributed by atoms with Crippen LogP contribution in [0.15, 0.2) is 36.5 Å². The van der Waals surface area contributed by atoms with Crippen molar-refractivity contribution < 1.29 is 13.2 Å². The Bertz CT molecular complexity index is 963. The number of benzene rings is 1. The molecule has 1 amide bonds. The molecule has 0 atom stereocenters. The highest BCUT2D eigenvalue weighted by Crippen LogP contribution is 2.28. The van der Waals surface area contributed by atoms with E-state index >= 15 is 0 Å². The maximum atomic E-state index is 12.6. The molecule has 0 bridgehead atoms. The molecule has 3 rings (SSSR count). The first-order valence-corrected chi connectivity index (χ1v) is 11.9.